The van der Waals surface area contributed by atoms with Crippen molar-refractivity contribution < 1.29 is 9.53 Å². The lowest BCUT2D eigenvalue weighted by atomic mass is 9.73. The second-order valence-electron chi connectivity index (χ2n) is 7.41. The molecule has 132 valence electrons. The molecular formula is C20H30N2O2. The summed E-state index contributed by atoms with van der Waals surface area (Å²) in [5, 5.41) is 0. The molecule has 0 radical (unpaired) electrons. The maximum atomic E-state index is 12.1. The summed E-state index contributed by atoms with van der Waals surface area (Å²) in [5.74, 6) is -0.0336. The van der Waals surface area contributed by atoms with Gasteiger partial charge >= 0.3 is 5.97 Å². The Kier molecular flexibility index (Phi) is 5.90. The van der Waals surface area contributed by atoms with Crippen LogP contribution in [0.1, 0.15) is 43.2 Å². The summed E-state index contributed by atoms with van der Waals surface area (Å²) in [6.45, 7) is 4.82. The average Bonchev–Trinajstić information content (AvgIpc) is 2.63. The van der Waals surface area contributed by atoms with Crippen LogP contribution in [0, 0.1) is 5.41 Å². The third kappa shape index (κ3) is 4.37. The molecule has 3 aliphatic rings. The van der Waals surface area contributed by atoms with Gasteiger partial charge in [0, 0.05) is 11.8 Å². The first-order valence-corrected chi connectivity index (χ1v) is 9.36. The highest BCUT2D eigenvalue weighted by Crippen LogP contribution is 2.40. The van der Waals surface area contributed by atoms with Crippen LogP contribution in [-0.4, -0.2) is 43.7 Å². The van der Waals surface area contributed by atoms with Crippen LogP contribution >= 0.6 is 0 Å². The molecule has 4 nitrogen and oxygen atoms in total. The molecule has 3 fully saturated rings. The van der Waals surface area contributed by atoms with Gasteiger partial charge in [-0.25, -0.2) is 0 Å². The molecule has 0 unspecified atom stereocenters. The van der Waals surface area contributed by atoms with Gasteiger partial charge in [-0.1, -0.05) is 24.3 Å². The summed E-state index contributed by atoms with van der Waals surface area (Å²) in [7, 11) is 0. The van der Waals surface area contributed by atoms with Gasteiger partial charge in [-0.3, -0.25) is 4.79 Å². The molecule has 3 aliphatic heterocycles. The lowest BCUT2D eigenvalue weighted by Crippen LogP contribution is -2.50. The number of esters is 1. The topological polar surface area (TPSA) is 55.6 Å². The minimum Gasteiger partial charge on any atom is -0.465 e. The van der Waals surface area contributed by atoms with Crippen molar-refractivity contribution in [3.8, 4) is 0 Å². The van der Waals surface area contributed by atoms with Crippen LogP contribution in [0.4, 0.5) is 0 Å². The number of rotatable bonds is 8. The van der Waals surface area contributed by atoms with E-state index in [0.717, 1.165) is 19.3 Å². The third-order valence-electron chi connectivity index (χ3n) is 5.77. The average molecular weight is 330 g/mol. The molecule has 2 N–H and O–H groups in total. The van der Waals surface area contributed by atoms with E-state index in [1.807, 2.05) is 0 Å². The van der Waals surface area contributed by atoms with E-state index in [2.05, 4.69) is 29.2 Å². The first kappa shape index (κ1) is 17.4. The van der Waals surface area contributed by atoms with Crippen LogP contribution in [0.3, 0.4) is 0 Å². The smallest absolute Gasteiger partial charge is 0.305 e. The molecule has 4 heteroatoms. The predicted octanol–water partition coefficient (Wildman–Crippen LogP) is 2.54. The van der Waals surface area contributed by atoms with Gasteiger partial charge in [-0.05, 0) is 75.8 Å². The Morgan fingerprint density at radius 2 is 1.71 bits per heavy atom. The van der Waals surface area contributed by atoms with Crippen molar-refractivity contribution in [2.45, 2.75) is 44.9 Å². The Labute approximate surface area is 145 Å². The number of piperidine rings is 3. The van der Waals surface area contributed by atoms with Crippen LogP contribution in [0.25, 0.3) is 0 Å². The molecule has 4 rings (SSSR count). The molecule has 1 aromatic carbocycles. The zero-order chi connectivity index (χ0) is 16.8. The predicted molar refractivity (Wildman–Crippen MR) is 95.8 cm³/mol. The van der Waals surface area contributed by atoms with E-state index in [-0.39, 0.29) is 11.4 Å². The standard InChI is InChI=1S/C20H30N2O2/c21-12-8-18-5-2-1-4-17(18)6-3-7-19(23)24-16-20-9-13-22(14-10-20)15-11-20/h1-2,4-5H,3,6-16,21H2. The number of carbonyl (C=O) groups is 1. The lowest BCUT2D eigenvalue weighted by Gasteiger charge is -2.47. The number of benzene rings is 1. The number of hydrogen-bond acceptors (Lipinski definition) is 4. The zero-order valence-electron chi connectivity index (χ0n) is 14.6. The maximum Gasteiger partial charge on any atom is 0.305 e. The van der Waals surface area contributed by atoms with E-state index in [4.69, 9.17) is 10.5 Å². The van der Waals surface area contributed by atoms with Crippen molar-refractivity contribution in [3.63, 3.8) is 0 Å². The van der Waals surface area contributed by atoms with Gasteiger partial charge in [0.1, 0.15) is 0 Å². The maximum absolute atomic E-state index is 12.1. The molecule has 1 aromatic rings. The Bertz CT molecular complexity index is 537. The molecule has 0 aromatic heterocycles. The molecule has 3 saturated heterocycles. The van der Waals surface area contributed by atoms with Gasteiger partial charge in [-0.2, -0.15) is 0 Å². The lowest BCUT2D eigenvalue weighted by molar-refractivity contribution is -0.150. The van der Waals surface area contributed by atoms with E-state index in [1.54, 1.807) is 0 Å². The van der Waals surface area contributed by atoms with Crippen LogP contribution in [0.15, 0.2) is 24.3 Å². The fourth-order valence-electron chi connectivity index (χ4n) is 4.04. The molecule has 2 bridgehead atoms. The Hall–Kier alpha value is -1.39. The van der Waals surface area contributed by atoms with Crippen LogP contribution in [-0.2, 0) is 22.4 Å². The molecule has 0 spiro atoms. The van der Waals surface area contributed by atoms with Crippen LogP contribution in [0.5, 0.6) is 0 Å². The Morgan fingerprint density at radius 3 is 2.33 bits per heavy atom. The molecule has 3 heterocycles. The van der Waals surface area contributed by atoms with Gasteiger partial charge in [-0.15, -0.1) is 0 Å². The number of fused-ring (bicyclic) bond motifs is 3. The summed E-state index contributed by atoms with van der Waals surface area (Å²) in [4.78, 5) is 14.6. The number of hydrogen-bond donors (Lipinski definition) is 1. The quantitative estimate of drug-likeness (QED) is 0.744. The highest BCUT2D eigenvalue weighted by Gasteiger charge is 2.40. The van der Waals surface area contributed by atoms with Crippen molar-refractivity contribution >= 4 is 5.97 Å². The normalized spacial score (nSPS) is 25.6. The Balaban J connectivity index is 1.40. The fourth-order valence-corrected chi connectivity index (χ4v) is 4.04. The number of nitrogens with zero attached hydrogens (tertiary/aromatic N) is 1. The van der Waals surface area contributed by atoms with Crippen LogP contribution < -0.4 is 5.73 Å². The van der Waals surface area contributed by atoms with Gasteiger partial charge in [0.25, 0.3) is 0 Å². The minimum absolute atomic E-state index is 0.0336. The summed E-state index contributed by atoms with van der Waals surface area (Å²) in [6.07, 6.45) is 6.75. The van der Waals surface area contributed by atoms with Crippen molar-refractivity contribution in [2.75, 3.05) is 32.8 Å². The van der Waals surface area contributed by atoms with Crippen molar-refractivity contribution in [3.05, 3.63) is 35.4 Å². The second kappa shape index (κ2) is 8.13. The molecule has 0 aliphatic carbocycles. The summed E-state index contributed by atoms with van der Waals surface area (Å²) < 4.78 is 5.64. The van der Waals surface area contributed by atoms with E-state index in [1.165, 1.54) is 50.0 Å². The fraction of sp³-hybridized carbons (Fsp3) is 0.650. The number of aryl methyl sites for hydroxylation is 1. The molecular weight excluding hydrogens is 300 g/mol. The van der Waals surface area contributed by atoms with Crippen molar-refractivity contribution in [1.29, 1.82) is 0 Å². The van der Waals surface area contributed by atoms with Crippen molar-refractivity contribution in [1.82, 2.24) is 4.90 Å². The van der Waals surface area contributed by atoms with E-state index in [0.29, 0.717) is 19.6 Å². The van der Waals surface area contributed by atoms with E-state index >= 15 is 0 Å². The first-order chi connectivity index (χ1) is 11.7. The van der Waals surface area contributed by atoms with E-state index < -0.39 is 0 Å². The monoisotopic (exact) mass is 330 g/mol. The third-order valence-corrected chi connectivity index (χ3v) is 5.77. The summed E-state index contributed by atoms with van der Waals surface area (Å²) in [6, 6.07) is 8.39. The number of carbonyl (C=O) groups excluding carboxylic acids is 1. The molecule has 0 atom stereocenters. The summed E-state index contributed by atoms with van der Waals surface area (Å²) >= 11 is 0. The van der Waals surface area contributed by atoms with E-state index in [9.17, 15) is 4.79 Å². The van der Waals surface area contributed by atoms with Crippen molar-refractivity contribution in [2.24, 2.45) is 11.1 Å². The minimum atomic E-state index is -0.0336. The van der Waals surface area contributed by atoms with Gasteiger partial charge in [0.05, 0.1) is 6.61 Å². The molecule has 0 amide bonds. The molecule has 0 saturated carbocycles. The molecule has 24 heavy (non-hydrogen) atoms. The van der Waals surface area contributed by atoms with Gasteiger partial charge < -0.3 is 15.4 Å². The number of nitrogens with two attached hydrogens (primary N) is 1. The zero-order valence-corrected chi connectivity index (χ0v) is 14.6. The highest BCUT2D eigenvalue weighted by molar-refractivity contribution is 5.69. The first-order valence-electron chi connectivity index (χ1n) is 9.36. The highest BCUT2D eigenvalue weighted by atomic mass is 16.5. The summed E-state index contributed by atoms with van der Waals surface area (Å²) in [5.41, 5.74) is 8.56. The SMILES string of the molecule is NCCc1ccccc1CCCC(=O)OCC12CCN(CC1)CC2. The largest absolute Gasteiger partial charge is 0.465 e. The second-order valence-corrected chi connectivity index (χ2v) is 7.41. The van der Waals surface area contributed by atoms with Gasteiger partial charge in [0.15, 0.2) is 0 Å². The number of ether oxygens (including phenoxy) is 1. The van der Waals surface area contributed by atoms with Gasteiger partial charge in [0.2, 0.25) is 0 Å². The Morgan fingerprint density at radius 1 is 1.08 bits per heavy atom. The van der Waals surface area contributed by atoms with Crippen LogP contribution in [0.2, 0.25) is 0 Å².